The second-order valence-electron chi connectivity index (χ2n) is 6.81. The fourth-order valence-electron chi connectivity index (χ4n) is 2.94. The number of nitrogens with one attached hydrogen (secondary N) is 1. The maximum absolute atomic E-state index is 12.4. The van der Waals surface area contributed by atoms with Crippen LogP contribution in [0.2, 0.25) is 10.2 Å². The first-order valence-corrected chi connectivity index (χ1v) is 12.0. The van der Waals surface area contributed by atoms with E-state index in [0.29, 0.717) is 16.8 Å². The minimum atomic E-state index is -3.84. The maximum Gasteiger partial charge on any atom is 0.260 e. The van der Waals surface area contributed by atoms with Gasteiger partial charge in [0.05, 0.1) is 37.9 Å². The van der Waals surface area contributed by atoms with E-state index in [9.17, 15) is 13.2 Å². The van der Waals surface area contributed by atoms with Crippen LogP contribution in [-0.2, 0) is 14.8 Å². The maximum atomic E-state index is 12.4. The Morgan fingerprint density at radius 2 is 1.91 bits per heavy atom. The number of pyridine rings is 1. The number of rotatable bonds is 8. The van der Waals surface area contributed by atoms with Crippen molar-refractivity contribution < 1.29 is 22.7 Å². The number of nitrogens with zero attached hydrogens (tertiary/aromatic N) is 3. The van der Waals surface area contributed by atoms with Crippen molar-refractivity contribution in [2.75, 3.05) is 31.3 Å². The summed E-state index contributed by atoms with van der Waals surface area (Å²) in [7, 11) is -0.896. The van der Waals surface area contributed by atoms with Crippen LogP contribution in [0.1, 0.15) is 5.56 Å². The van der Waals surface area contributed by atoms with Gasteiger partial charge >= 0.3 is 0 Å². The Labute approximate surface area is 201 Å². The van der Waals surface area contributed by atoms with E-state index in [2.05, 4.69) is 15.5 Å². The molecule has 1 heterocycles. The van der Waals surface area contributed by atoms with E-state index < -0.39 is 22.5 Å². The van der Waals surface area contributed by atoms with Gasteiger partial charge in [-0.3, -0.25) is 9.10 Å². The van der Waals surface area contributed by atoms with Gasteiger partial charge in [-0.15, -0.1) is 0 Å². The van der Waals surface area contributed by atoms with E-state index in [0.717, 1.165) is 15.9 Å². The number of carbonyl (C=O) groups is 1. The number of aromatic nitrogens is 1. The molecule has 0 saturated carbocycles. The van der Waals surface area contributed by atoms with Gasteiger partial charge in [-0.1, -0.05) is 23.2 Å². The van der Waals surface area contributed by atoms with Crippen LogP contribution in [-0.4, -0.2) is 52.5 Å². The first kappa shape index (κ1) is 24.6. The largest absolute Gasteiger partial charge is 0.497 e. The second-order valence-corrected chi connectivity index (χ2v) is 9.51. The van der Waals surface area contributed by atoms with E-state index in [1.165, 1.54) is 25.5 Å². The van der Waals surface area contributed by atoms with E-state index in [4.69, 9.17) is 32.7 Å². The van der Waals surface area contributed by atoms with Crippen LogP contribution in [0.4, 0.5) is 5.69 Å². The SMILES string of the molecule is COc1ccc2cc(/C=N\NC(=O)CN(c3cc(Cl)ccc3OC)S(C)(=O)=O)c(Cl)nc2c1. The van der Waals surface area contributed by atoms with Crippen molar-refractivity contribution in [2.45, 2.75) is 0 Å². The molecule has 0 atom stereocenters. The average Bonchev–Trinajstić information content (AvgIpc) is 2.76. The molecule has 12 heteroatoms. The molecule has 1 amide bonds. The predicted molar refractivity (Wildman–Crippen MR) is 129 cm³/mol. The molecule has 0 fully saturated rings. The molecule has 0 radical (unpaired) electrons. The number of hydrogen-bond donors (Lipinski definition) is 1. The Morgan fingerprint density at radius 3 is 2.58 bits per heavy atom. The molecule has 2 aromatic carbocycles. The van der Waals surface area contributed by atoms with Crippen molar-refractivity contribution in [3.05, 3.63) is 58.2 Å². The third kappa shape index (κ3) is 6.04. The minimum absolute atomic E-state index is 0.129. The lowest BCUT2D eigenvalue weighted by atomic mass is 10.1. The van der Waals surface area contributed by atoms with Crippen molar-refractivity contribution in [2.24, 2.45) is 5.10 Å². The quantitative estimate of drug-likeness (QED) is 0.282. The van der Waals surface area contributed by atoms with Gasteiger partial charge in [-0.2, -0.15) is 5.10 Å². The molecule has 0 spiro atoms. The lowest BCUT2D eigenvalue weighted by Crippen LogP contribution is -2.39. The zero-order valence-electron chi connectivity index (χ0n) is 17.9. The highest BCUT2D eigenvalue weighted by Crippen LogP contribution is 2.32. The highest BCUT2D eigenvalue weighted by atomic mass is 35.5. The Balaban J connectivity index is 1.78. The van der Waals surface area contributed by atoms with Gasteiger partial charge in [0.2, 0.25) is 10.0 Å². The second kappa shape index (κ2) is 10.2. The van der Waals surface area contributed by atoms with E-state index in [-0.39, 0.29) is 21.6 Å². The van der Waals surface area contributed by atoms with E-state index in [1.54, 1.807) is 31.4 Å². The van der Waals surface area contributed by atoms with Crippen LogP contribution >= 0.6 is 23.2 Å². The van der Waals surface area contributed by atoms with Crippen LogP contribution in [0.25, 0.3) is 10.9 Å². The molecule has 174 valence electrons. The molecule has 0 bridgehead atoms. The predicted octanol–water partition coefficient (Wildman–Crippen LogP) is 3.48. The highest BCUT2D eigenvalue weighted by Gasteiger charge is 2.24. The molecule has 3 rings (SSSR count). The van der Waals surface area contributed by atoms with Gasteiger partial charge in [0.15, 0.2) is 0 Å². The third-order valence-corrected chi connectivity index (χ3v) is 6.16. The van der Waals surface area contributed by atoms with Gasteiger partial charge in [0.1, 0.15) is 23.2 Å². The standard InChI is InChI=1S/C21H20Cl2N4O5S/c1-31-16-6-4-13-8-14(21(23)25-17(13)10-16)11-24-26-20(28)12-27(33(3,29)30)18-9-15(22)5-7-19(18)32-2/h4-11H,12H2,1-3H3,(H,26,28)/b24-11-. The number of carbonyl (C=O) groups excluding carboxylic acids is 1. The van der Waals surface area contributed by atoms with Crippen molar-refractivity contribution in [3.63, 3.8) is 0 Å². The minimum Gasteiger partial charge on any atom is -0.497 e. The number of anilines is 1. The molecule has 3 aromatic rings. The normalized spacial score (nSPS) is 11.5. The lowest BCUT2D eigenvalue weighted by molar-refractivity contribution is -0.119. The van der Waals surface area contributed by atoms with Gasteiger partial charge in [-0.05, 0) is 36.4 Å². The van der Waals surface area contributed by atoms with Crippen LogP contribution in [0.5, 0.6) is 11.5 Å². The summed E-state index contributed by atoms with van der Waals surface area (Å²) in [4.78, 5) is 16.7. The number of benzene rings is 2. The molecule has 0 aliphatic carbocycles. The topological polar surface area (TPSA) is 110 Å². The summed E-state index contributed by atoms with van der Waals surface area (Å²) < 4.78 is 35.9. The fourth-order valence-corrected chi connectivity index (χ4v) is 4.15. The summed E-state index contributed by atoms with van der Waals surface area (Å²) >= 11 is 12.2. The molecule has 33 heavy (non-hydrogen) atoms. The zero-order chi connectivity index (χ0) is 24.2. The Kier molecular flexibility index (Phi) is 7.62. The van der Waals surface area contributed by atoms with Crippen LogP contribution in [0.3, 0.4) is 0 Å². The van der Waals surface area contributed by atoms with Gasteiger partial charge < -0.3 is 9.47 Å². The molecular weight excluding hydrogens is 491 g/mol. The summed E-state index contributed by atoms with van der Waals surface area (Å²) in [6.45, 7) is -0.545. The van der Waals surface area contributed by atoms with Gasteiger partial charge in [0, 0.05) is 22.0 Å². The molecule has 0 aliphatic rings. The van der Waals surface area contributed by atoms with Gasteiger partial charge in [0.25, 0.3) is 5.91 Å². The molecule has 0 aliphatic heterocycles. The number of ether oxygens (including phenoxy) is 2. The van der Waals surface area contributed by atoms with Crippen molar-refractivity contribution in [3.8, 4) is 11.5 Å². The molecular formula is C21H20Cl2N4O5S. The molecule has 0 unspecified atom stereocenters. The smallest absolute Gasteiger partial charge is 0.260 e. The van der Waals surface area contributed by atoms with Crippen molar-refractivity contribution in [1.82, 2.24) is 10.4 Å². The number of amides is 1. The first-order valence-electron chi connectivity index (χ1n) is 9.40. The molecule has 1 aromatic heterocycles. The Hall–Kier alpha value is -3.08. The summed E-state index contributed by atoms with van der Waals surface area (Å²) in [6.07, 6.45) is 2.29. The molecule has 0 saturated heterocycles. The summed E-state index contributed by atoms with van der Waals surface area (Å²) in [5, 5.41) is 5.14. The van der Waals surface area contributed by atoms with Crippen molar-refractivity contribution >= 4 is 61.9 Å². The number of hydrogen-bond acceptors (Lipinski definition) is 7. The molecule has 9 nitrogen and oxygen atoms in total. The Bertz CT molecular complexity index is 1330. The fraction of sp³-hybridized carbons (Fsp3) is 0.190. The third-order valence-electron chi connectivity index (χ3n) is 4.50. The number of sulfonamides is 1. The number of fused-ring (bicyclic) bond motifs is 1. The number of hydrazone groups is 1. The van der Waals surface area contributed by atoms with E-state index >= 15 is 0 Å². The van der Waals surface area contributed by atoms with Gasteiger partial charge in [-0.25, -0.2) is 18.8 Å². The van der Waals surface area contributed by atoms with Crippen LogP contribution < -0.4 is 19.2 Å². The summed E-state index contributed by atoms with van der Waals surface area (Å²) in [6, 6.07) is 11.5. The number of halogens is 2. The van der Waals surface area contributed by atoms with Crippen LogP contribution in [0.15, 0.2) is 47.6 Å². The average molecular weight is 511 g/mol. The zero-order valence-corrected chi connectivity index (χ0v) is 20.2. The monoisotopic (exact) mass is 510 g/mol. The first-order chi connectivity index (χ1) is 15.6. The summed E-state index contributed by atoms with van der Waals surface area (Å²) in [5.74, 6) is 0.201. The number of methoxy groups -OCH3 is 2. The highest BCUT2D eigenvalue weighted by molar-refractivity contribution is 7.92. The lowest BCUT2D eigenvalue weighted by Gasteiger charge is -2.23. The summed E-state index contributed by atoms with van der Waals surface area (Å²) in [5.41, 5.74) is 3.52. The van der Waals surface area contributed by atoms with Crippen molar-refractivity contribution in [1.29, 1.82) is 0 Å². The van der Waals surface area contributed by atoms with Crippen LogP contribution in [0, 0.1) is 0 Å². The molecule has 1 N–H and O–H groups in total. The Morgan fingerprint density at radius 1 is 1.15 bits per heavy atom. The van der Waals surface area contributed by atoms with E-state index in [1.807, 2.05) is 6.07 Å².